The van der Waals surface area contributed by atoms with Crippen LogP contribution in [0.25, 0.3) is 17.0 Å². The Morgan fingerprint density at radius 2 is 1.64 bits per heavy atom. The van der Waals surface area contributed by atoms with Crippen molar-refractivity contribution in [3.8, 4) is 17.2 Å². The van der Waals surface area contributed by atoms with Crippen LogP contribution < -0.4 is 14.2 Å². The molecule has 1 heterocycles. The first-order valence-corrected chi connectivity index (χ1v) is 7.67. The molecule has 128 valence electrons. The maximum absolute atomic E-state index is 12.4. The first-order chi connectivity index (χ1) is 12.2. The Balaban J connectivity index is 1.89. The number of carbonyl (C=O) groups excluding carboxylic acids is 1. The third-order valence-corrected chi connectivity index (χ3v) is 3.78. The van der Waals surface area contributed by atoms with Crippen molar-refractivity contribution >= 4 is 22.8 Å². The molecule has 3 rings (SSSR count). The van der Waals surface area contributed by atoms with Crippen molar-refractivity contribution in [1.82, 2.24) is 0 Å². The van der Waals surface area contributed by atoms with E-state index in [0.29, 0.717) is 28.6 Å². The Kier molecular flexibility index (Phi) is 4.75. The van der Waals surface area contributed by atoms with Crippen molar-refractivity contribution in [2.75, 3.05) is 21.3 Å². The number of benzene rings is 2. The van der Waals surface area contributed by atoms with Gasteiger partial charge in [0.2, 0.25) is 11.5 Å². The Morgan fingerprint density at radius 3 is 2.24 bits per heavy atom. The van der Waals surface area contributed by atoms with Crippen molar-refractivity contribution in [3.05, 3.63) is 59.9 Å². The number of hydrogen-bond donors (Lipinski definition) is 0. The fourth-order valence-electron chi connectivity index (χ4n) is 2.55. The molecule has 0 unspecified atom stereocenters. The van der Waals surface area contributed by atoms with Gasteiger partial charge in [0.1, 0.15) is 5.58 Å². The fourth-order valence-corrected chi connectivity index (χ4v) is 2.55. The number of methoxy groups -OCH3 is 3. The lowest BCUT2D eigenvalue weighted by Gasteiger charge is -2.12. The molecule has 5 nitrogen and oxygen atoms in total. The monoisotopic (exact) mass is 338 g/mol. The van der Waals surface area contributed by atoms with Crippen LogP contribution in [0.4, 0.5) is 0 Å². The van der Waals surface area contributed by atoms with Crippen LogP contribution in [0.2, 0.25) is 0 Å². The molecule has 0 saturated heterocycles. The predicted octanol–water partition coefficient (Wildman–Crippen LogP) is 4.35. The van der Waals surface area contributed by atoms with Crippen LogP contribution in [0.3, 0.4) is 0 Å². The van der Waals surface area contributed by atoms with Gasteiger partial charge >= 0.3 is 0 Å². The number of furan rings is 1. The molecule has 0 spiro atoms. The van der Waals surface area contributed by atoms with Gasteiger partial charge in [0.15, 0.2) is 17.3 Å². The topological polar surface area (TPSA) is 57.9 Å². The summed E-state index contributed by atoms with van der Waals surface area (Å²) < 4.78 is 21.5. The second kappa shape index (κ2) is 7.13. The summed E-state index contributed by atoms with van der Waals surface area (Å²) in [4.78, 5) is 12.4. The highest BCUT2D eigenvalue weighted by Gasteiger charge is 2.13. The summed E-state index contributed by atoms with van der Waals surface area (Å²) in [5.41, 5.74) is 1.44. The molecule has 0 fully saturated rings. The standard InChI is InChI=1S/C20H18O5/c1-22-18-10-13(11-19(23-2)20(18)24-3)8-9-15(21)17-12-14-6-4-5-7-16(14)25-17/h4-12H,1-3H3/b9-8+. The third kappa shape index (κ3) is 3.35. The van der Waals surface area contributed by atoms with Gasteiger partial charge in [-0.25, -0.2) is 0 Å². The number of ether oxygens (including phenoxy) is 3. The van der Waals surface area contributed by atoms with Crippen LogP contribution in [-0.2, 0) is 0 Å². The van der Waals surface area contributed by atoms with Gasteiger partial charge in [-0.05, 0) is 35.9 Å². The van der Waals surface area contributed by atoms with E-state index in [9.17, 15) is 4.79 Å². The molecule has 0 aliphatic rings. The fraction of sp³-hybridized carbons (Fsp3) is 0.150. The number of fused-ring (bicyclic) bond motifs is 1. The van der Waals surface area contributed by atoms with E-state index in [1.807, 2.05) is 24.3 Å². The first-order valence-electron chi connectivity index (χ1n) is 7.67. The molecule has 1 aromatic heterocycles. The van der Waals surface area contributed by atoms with E-state index in [-0.39, 0.29) is 5.78 Å². The van der Waals surface area contributed by atoms with Crippen molar-refractivity contribution in [2.24, 2.45) is 0 Å². The van der Waals surface area contributed by atoms with E-state index in [0.717, 1.165) is 10.9 Å². The van der Waals surface area contributed by atoms with E-state index in [4.69, 9.17) is 18.6 Å². The zero-order chi connectivity index (χ0) is 17.8. The summed E-state index contributed by atoms with van der Waals surface area (Å²) in [6.07, 6.45) is 3.14. The van der Waals surface area contributed by atoms with E-state index < -0.39 is 0 Å². The lowest BCUT2D eigenvalue weighted by atomic mass is 10.1. The molecule has 0 atom stereocenters. The largest absolute Gasteiger partial charge is 0.493 e. The zero-order valence-electron chi connectivity index (χ0n) is 14.2. The van der Waals surface area contributed by atoms with Gasteiger partial charge in [0.05, 0.1) is 21.3 Å². The number of carbonyl (C=O) groups is 1. The van der Waals surface area contributed by atoms with Crippen LogP contribution in [0.1, 0.15) is 16.1 Å². The number of para-hydroxylation sites is 1. The number of hydrogen-bond acceptors (Lipinski definition) is 5. The first kappa shape index (κ1) is 16.6. The van der Waals surface area contributed by atoms with Gasteiger partial charge in [0, 0.05) is 5.39 Å². The van der Waals surface area contributed by atoms with E-state index in [1.54, 1.807) is 45.6 Å². The number of ketones is 1. The van der Waals surface area contributed by atoms with Crippen LogP contribution in [-0.4, -0.2) is 27.1 Å². The number of allylic oxidation sites excluding steroid dienone is 1. The van der Waals surface area contributed by atoms with Crippen LogP contribution >= 0.6 is 0 Å². The maximum Gasteiger partial charge on any atom is 0.221 e. The Labute approximate surface area is 145 Å². The maximum atomic E-state index is 12.4. The molecule has 0 N–H and O–H groups in total. The second-order valence-electron chi connectivity index (χ2n) is 5.30. The highest BCUT2D eigenvalue weighted by molar-refractivity contribution is 6.07. The van der Waals surface area contributed by atoms with Crippen LogP contribution in [0.5, 0.6) is 17.2 Å². The Hall–Kier alpha value is -3.21. The van der Waals surface area contributed by atoms with E-state index >= 15 is 0 Å². The summed E-state index contributed by atoms with van der Waals surface area (Å²) in [6.45, 7) is 0. The molecule has 3 aromatic rings. The summed E-state index contributed by atoms with van der Waals surface area (Å²) in [6, 6.07) is 12.8. The second-order valence-corrected chi connectivity index (χ2v) is 5.30. The quantitative estimate of drug-likeness (QED) is 0.494. The molecule has 0 aliphatic heterocycles. The summed E-state index contributed by atoms with van der Waals surface area (Å²) in [5, 5.41) is 0.895. The number of rotatable bonds is 6. The van der Waals surface area contributed by atoms with Gasteiger partial charge in [-0.15, -0.1) is 0 Å². The molecule has 0 radical (unpaired) electrons. The minimum Gasteiger partial charge on any atom is -0.493 e. The minimum absolute atomic E-state index is 0.218. The average molecular weight is 338 g/mol. The molecule has 0 saturated carbocycles. The average Bonchev–Trinajstić information content (AvgIpc) is 3.09. The van der Waals surface area contributed by atoms with Gasteiger partial charge in [0.25, 0.3) is 0 Å². The predicted molar refractivity (Wildman–Crippen MR) is 95.7 cm³/mol. The van der Waals surface area contributed by atoms with Crippen molar-refractivity contribution in [2.45, 2.75) is 0 Å². The van der Waals surface area contributed by atoms with Gasteiger partial charge in [-0.2, -0.15) is 0 Å². The summed E-state index contributed by atoms with van der Waals surface area (Å²) >= 11 is 0. The Morgan fingerprint density at radius 1 is 0.960 bits per heavy atom. The van der Waals surface area contributed by atoms with Gasteiger partial charge < -0.3 is 18.6 Å². The summed E-state index contributed by atoms with van der Waals surface area (Å²) in [7, 11) is 4.63. The van der Waals surface area contributed by atoms with Crippen molar-refractivity contribution in [1.29, 1.82) is 0 Å². The molecular weight excluding hydrogens is 320 g/mol. The molecule has 0 bridgehead atoms. The van der Waals surface area contributed by atoms with E-state index in [2.05, 4.69) is 0 Å². The highest BCUT2D eigenvalue weighted by Crippen LogP contribution is 2.38. The smallest absolute Gasteiger partial charge is 0.221 e. The summed E-state index contributed by atoms with van der Waals surface area (Å²) in [5.74, 6) is 1.64. The minimum atomic E-state index is -0.218. The van der Waals surface area contributed by atoms with E-state index in [1.165, 1.54) is 6.08 Å². The molecule has 0 amide bonds. The van der Waals surface area contributed by atoms with Crippen molar-refractivity contribution < 1.29 is 23.4 Å². The van der Waals surface area contributed by atoms with Gasteiger partial charge in [-0.1, -0.05) is 24.3 Å². The molecule has 5 heteroatoms. The normalized spacial score (nSPS) is 11.0. The molecule has 0 aliphatic carbocycles. The van der Waals surface area contributed by atoms with Gasteiger partial charge in [-0.3, -0.25) is 4.79 Å². The highest BCUT2D eigenvalue weighted by atomic mass is 16.5. The lowest BCUT2D eigenvalue weighted by Crippen LogP contribution is -1.96. The molecule has 2 aromatic carbocycles. The molecular formula is C20H18O5. The lowest BCUT2D eigenvalue weighted by molar-refractivity contribution is 0.102. The van der Waals surface area contributed by atoms with Crippen LogP contribution in [0.15, 0.2) is 53.0 Å². The molecule has 25 heavy (non-hydrogen) atoms. The zero-order valence-corrected chi connectivity index (χ0v) is 14.2. The Bertz CT molecular complexity index is 878. The van der Waals surface area contributed by atoms with Crippen LogP contribution in [0, 0.1) is 0 Å². The SMILES string of the molecule is COc1cc(/C=C/C(=O)c2cc3ccccc3o2)cc(OC)c1OC. The third-order valence-electron chi connectivity index (χ3n) is 3.78. The van der Waals surface area contributed by atoms with Crippen molar-refractivity contribution in [3.63, 3.8) is 0 Å².